The van der Waals surface area contributed by atoms with Gasteiger partial charge in [0.25, 0.3) is 5.22 Å². The van der Waals surface area contributed by atoms with Crippen molar-refractivity contribution in [2.75, 3.05) is 12.4 Å². The molecule has 3 rings (SSSR count). The molecule has 0 bridgehead atoms. The molecule has 0 fully saturated rings. The van der Waals surface area contributed by atoms with E-state index in [1.54, 1.807) is 6.92 Å². The summed E-state index contributed by atoms with van der Waals surface area (Å²) in [7, 11) is 0. The van der Waals surface area contributed by atoms with E-state index in [2.05, 4.69) is 28.4 Å². The minimum absolute atomic E-state index is 0.0142. The van der Waals surface area contributed by atoms with Crippen LogP contribution in [0.25, 0.3) is 10.8 Å². The number of nitrogens with zero attached hydrogens (tertiary/aromatic N) is 2. The summed E-state index contributed by atoms with van der Waals surface area (Å²) < 4.78 is 10.6. The lowest BCUT2D eigenvalue weighted by molar-refractivity contribution is -0.138. The first-order valence-corrected chi connectivity index (χ1v) is 10.0. The largest absolute Gasteiger partial charge is 0.510 e. The number of carbonyl (C=O) groups is 1. The monoisotopic (exact) mass is 411 g/mol. The minimum atomic E-state index is -0.722. The van der Waals surface area contributed by atoms with Gasteiger partial charge in [-0.2, -0.15) is 0 Å². The molecule has 2 aromatic carbocycles. The van der Waals surface area contributed by atoms with Gasteiger partial charge in [-0.3, -0.25) is 0 Å². The second kappa shape index (κ2) is 9.38. The molecule has 8 heteroatoms. The Hall–Kier alpha value is -3.13. The first kappa shape index (κ1) is 20.6. The molecule has 2 N–H and O–H groups in total. The molecule has 0 unspecified atom stereocenters. The number of benzene rings is 2. The zero-order valence-corrected chi connectivity index (χ0v) is 17.0. The molecule has 0 aliphatic carbocycles. The number of hydrogen-bond donors (Lipinski definition) is 2. The van der Waals surface area contributed by atoms with Crippen molar-refractivity contribution in [1.82, 2.24) is 10.2 Å². The van der Waals surface area contributed by atoms with Gasteiger partial charge in [0.15, 0.2) is 0 Å². The van der Waals surface area contributed by atoms with Crippen LogP contribution in [-0.2, 0) is 16.0 Å². The second-order valence-electron chi connectivity index (χ2n) is 6.23. The maximum absolute atomic E-state index is 11.9. The van der Waals surface area contributed by atoms with E-state index in [9.17, 15) is 9.90 Å². The van der Waals surface area contributed by atoms with Gasteiger partial charge in [-0.05, 0) is 30.2 Å². The molecule has 3 aromatic rings. The van der Waals surface area contributed by atoms with Gasteiger partial charge < -0.3 is 19.7 Å². The number of hydrogen-bond acceptors (Lipinski definition) is 8. The smallest absolute Gasteiger partial charge is 0.343 e. The summed E-state index contributed by atoms with van der Waals surface area (Å²) in [6, 6.07) is 14.1. The van der Waals surface area contributed by atoms with Crippen molar-refractivity contribution >= 4 is 34.2 Å². The van der Waals surface area contributed by atoms with Crippen molar-refractivity contribution < 1.29 is 19.1 Å². The van der Waals surface area contributed by atoms with E-state index >= 15 is 0 Å². The average Bonchev–Trinajstić information content (AvgIpc) is 3.14. The summed E-state index contributed by atoms with van der Waals surface area (Å²) in [5.41, 5.74) is 0.869. The van der Waals surface area contributed by atoms with Crippen molar-refractivity contribution in [2.24, 2.45) is 0 Å². The van der Waals surface area contributed by atoms with Crippen LogP contribution < -0.4 is 0 Å². The molecule has 0 spiro atoms. The quantitative estimate of drug-likeness (QED) is 0.187. The van der Waals surface area contributed by atoms with E-state index in [0.717, 1.165) is 28.1 Å². The Labute approximate surface area is 172 Å². The predicted molar refractivity (Wildman–Crippen MR) is 111 cm³/mol. The zero-order valence-electron chi connectivity index (χ0n) is 16.1. The fourth-order valence-corrected chi connectivity index (χ4v) is 3.53. The highest BCUT2D eigenvalue weighted by Gasteiger charge is 2.20. The summed E-state index contributed by atoms with van der Waals surface area (Å²) in [4.78, 5) is 11.9. The third-order valence-corrected chi connectivity index (χ3v) is 4.98. The molecule has 0 atom stereocenters. The van der Waals surface area contributed by atoms with Gasteiger partial charge in [0.1, 0.15) is 11.3 Å². The molecule has 0 amide bonds. The Morgan fingerprint density at radius 3 is 2.72 bits per heavy atom. The highest BCUT2D eigenvalue weighted by atomic mass is 32.2. The van der Waals surface area contributed by atoms with E-state index in [1.807, 2.05) is 24.3 Å². The molecule has 0 saturated carbocycles. The van der Waals surface area contributed by atoms with E-state index in [0.29, 0.717) is 12.3 Å². The molecule has 150 valence electrons. The van der Waals surface area contributed by atoms with Crippen LogP contribution in [0.1, 0.15) is 25.3 Å². The van der Waals surface area contributed by atoms with Crippen LogP contribution in [0.2, 0.25) is 0 Å². The van der Waals surface area contributed by atoms with Crippen LogP contribution in [0.3, 0.4) is 0 Å². The molecular weight excluding hydrogens is 390 g/mol. The number of aromatic nitrogens is 2. The molecule has 1 heterocycles. The predicted octanol–water partition coefficient (Wildman–Crippen LogP) is 4.32. The van der Waals surface area contributed by atoms with Crippen molar-refractivity contribution in [3.8, 4) is 0 Å². The molecular formula is C21H21N3O4S. The number of nitrogens with one attached hydrogen (secondary N) is 1. The standard InChI is InChI=1S/C21H21N3O4S/c1-3-27-20(26)19(13(2)22)17(25)12-29-21-24-23-18(28-21)11-15-9-6-8-14-7-4-5-10-16(14)15/h4-10,22,25H,3,11-12H2,1-2H3. The maximum Gasteiger partial charge on any atom is 0.343 e. The highest BCUT2D eigenvalue weighted by Crippen LogP contribution is 2.24. The Balaban J connectivity index is 1.71. The fraction of sp³-hybridized carbons (Fsp3) is 0.238. The van der Waals surface area contributed by atoms with Gasteiger partial charge in [-0.1, -0.05) is 54.2 Å². The van der Waals surface area contributed by atoms with Crippen molar-refractivity contribution in [2.45, 2.75) is 25.5 Å². The number of aliphatic hydroxyl groups is 1. The van der Waals surface area contributed by atoms with Crippen LogP contribution in [0, 0.1) is 5.41 Å². The van der Waals surface area contributed by atoms with Crippen LogP contribution in [0.15, 0.2) is 63.4 Å². The SMILES string of the molecule is CCOC(=O)C(C(C)=N)=C(O)CSc1nnc(Cc2cccc3ccccc23)o1. The van der Waals surface area contributed by atoms with E-state index < -0.39 is 5.97 Å². The molecule has 7 nitrogen and oxygen atoms in total. The third-order valence-electron chi connectivity index (χ3n) is 4.15. The van der Waals surface area contributed by atoms with Gasteiger partial charge in [0.2, 0.25) is 5.89 Å². The van der Waals surface area contributed by atoms with Crippen LogP contribution in [0.4, 0.5) is 0 Å². The van der Waals surface area contributed by atoms with Crippen molar-refractivity contribution in [3.63, 3.8) is 0 Å². The number of fused-ring (bicyclic) bond motifs is 1. The van der Waals surface area contributed by atoms with Gasteiger partial charge >= 0.3 is 5.97 Å². The van der Waals surface area contributed by atoms with Crippen molar-refractivity contribution in [3.05, 3.63) is 65.3 Å². The number of esters is 1. The Kier molecular flexibility index (Phi) is 6.66. The van der Waals surface area contributed by atoms with Crippen LogP contribution in [0.5, 0.6) is 0 Å². The number of thioether (sulfide) groups is 1. The number of carbonyl (C=O) groups excluding carboxylic acids is 1. The summed E-state index contributed by atoms with van der Waals surface area (Å²) in [5, 5.41) is 28.5. The van der Waals surface area contributed by atoms with Gasteiger partial charge in [0, 0.05) is 5.71 Å². The number of aliphatic hydroxyl groups excluding tert-OH is 1. The molecule has 0 aliphatic heterocycles. The molecule has 0 aliphatic rings. The lowest BCUT2D eigenvalue weighted by Crippen LogP contribution is -2.16. The summed E-state index contributed by atoms with van der Waals surface area (Å²) in [6.45, 7) is 3.25. The topological polar surface area (TPSA) is 109 Å². The van der Waals surface area contributed by atoms with Crippen LogP contribution in [-0.4, -0.2) is 39.3 Å². The summed E-state index contributed by atoms with van der Waals surface area (Å²) in [5.74, 6) is -0.503. The van der Waals surface area contributed by atoms with Crippen molar-refractivity contribution in [1.29, 1.82) is 5.41 Å². The lowest BCUT2D eigenvalue weighted by atomic mass is 10.0. The Morgan fingerprint density at radius 2 is 1.97 bits per heavy atom. The fourth-order valence-electron chi connectivity index (χ4n) is 2.87. The highest BCUT2D eigenvalue weighted by molar-refractivity contribution is 7.99. The second-order valence-corrected chi connectivity index (χ2v) is 7.16. The maximum atomic E-state index is 11.9. The van der Waals surface area contributed by atoms with E-state index in [1.165, 1.54) is 6.92 Å². The van der Waals surface area contributed by atoms with E-state index in [-0.39, 0.29) is 34.6 Å². The molecule has 0 saturated heterocycles. The van der Waals surface area contributed by atoms with Crippen LogP contribution >= 0.6 is 11.8 Å². The first-order valence-electron chi connectivity index (χ1n) is 9.06. The van der Waals surface area contributed by atoms with Gasteiger partial charge in [-0.15, -0.1) is 10.2 Å². The minimum Gasteiger partial charge on any atom is -0.510 e. The summed E-state index contributed by atoms with van der Waals surface area (Å²) in [6.07, 6.45) is 0.490. The molecule has 0 radical (unpaired) electrons. The Morgan fingerprint density at radius 1 is 1.21 bits per heavy atom. The average molecular weight is 411 g/mol. The zero-order chi connectivity index (χ0) is 20.8. The Bertz CT molecular complexity index is 1070. The van der Waals surface area contributed by atoms with Gasteiger partial charge in [-0.25, -0.2) is 4.79 Å². The lowest BCUT2D eigenvalue weighted by Gasteiger charge is -2.08. The first-order chi connectivity index (χ1) is 14.0. The molecule has 29 heavy (non-hydrogen) atoms. The number of rotatable bonds is 8. The number of ether oxygens (including phenoxy) is 1. The molecule has 1 aromatic heterocycles. The third kappa shape index (κ3) is 5.03. The summed E-state index contributed by atoms with van der Waals surface area (Å²) >= 11 is 1.09. The van der Waals surface area contributed by atoms with E-state index in [4.69, 9.17) is 14.6 Å². The normalized spacial score (nSPS) is 11.9. The van der Waals surface area contributed by atoms with Gasteiger partial charge in [0.05, 0.1) is 18.8 Å².